The van der Waals surface area contributed by atoms with Crippen molar-refractivity contribution in [3.63, 3.8) is 0 Å². The third-order valence-corrected chi connectivity index (χ3v) is 8.98. The normalized spacial score (nSPS) is 14.2. The Hall–Kier alpha value is -5.10. The van der Waals surface area contributed by atoms with Crippen molar-refractivity contribution in [3.8, 4) is 11.5 Å². The summed E-state index contributed by atoms with van der Waals surface area (Å²) in [5.41, 5.74) is 5.89. The number of hydrogen-bond donors (Lipinski definition) is 1. The van der Waals surface area contributed by atoms with Crippen LogP contribution in [0.15, 0.2) is 110 Å². The lowest BCUT2D eigenvalue weighted by Gasteiger charge is -2.22. The molecule has 1 unspecified atom stereocenters. The van der Waals surface area contributed by atoms with Crippen LogP contribution in [0.5, 0.6) is 11.5 Å². The maximum Gasteiger partial charge on any atom is 0.215 e. The topological polar surface area (TPSA) is 72.3 Å². The molecule has 1 atom stereocenters. The fraction of sp³-hybridized carbons (Fsp3) is 0.250. The van der Waals surface area contributed by atoms with Gasteiger partial charge in [0.25, 0.3) is 0 Å². The van der Waals surface area contributed by atoms with Crippen molar-refractivity contribution in [2.45, 2.75) is 46.5 Å². The van der Waals surface area contributed by atoms with E-state index in [9.17, 15) is 0 Å². The summed E-state index contributed by atoms with van der Waals surface area (Å²) in [7, 11) is 1.78. The zero-order valence-electron chi connectivity index (χ0n) is 26.9. The first-order chi connectivity index (χ1) is 22.6. The molecule has 1 aliphatic rings. The first-order valence-corrected chi connectivity index (χ1v) is 16.3. The predicted molar refractivity (Wildman–Crippen MR) is 192 cm³/mol. The van der Waals surface area contributed by atoms with Crippen molar-refractivity contribution in [3.05, 3.63) is 102 Å². The molecular weight excluding hydrogens is 570 g/mol. The number of anilines is 1. The molecule has 0 saturated carbocycles. The summed E-state index contributed by atoms with van der Waals surface area (Å²) >= 11 is 0. The Kier molecular flexibility index (Phi) is 8.18. The number of rotatable bonds is 9. The Morgan fingerprint density at radius 2 is 1.48 bits per heavy atom. The molecule has 0 aliphatic carbocycles. The summed E-state index contributed by atoms with van der Waals surface area (Å²) in [6.45, 7) is 7.29. The minimum absolute atomic E-state index is 0.501. The lowest BCUT2D eigenvalue weighted by atomic mass is 9.97. The minimum atomic E-state index is 0.501. The van der Waals surface area contributed by atoms with Gasteiger partial charge in [0.15, 0.2) is 17.2 Å². The van der Waals surface area contributed by atoms with E-state index in [0.29, 0.717) is 34.4 Å². The molecule has 6 nitrogen and oxygen atoms in total. The molecule has 1 aliphatic heterocycles. The fourth-order valence-corrected chi connectivity index (χ4v) is 6.45. The highest BCUT2D eigenvalue weighted by atomic mass is 16.5. The molecule has 1 aromatic heterocycles. The van der Waals surface area contributed by atoms with Crippen LogP contribution in [0.3, 0.4) is 0 Å². The number of nitrogens with zero attached hydrogens (tertiary/aromatic N) is 2. The average molecular weight is 610 g/mol. The van der Waals surface area contributed by atoms with E-state index in [0.717, 1.165) is 74.6 Å². The molecule has 5 aromatic carbocycles. The molecule has 0 bridgehead atoms. The molecule has 0 saturated heterocycles. The summed E-state index contributed by atoms with van der Waals surface area (Å²) < 4.78 is 20.7. The number of para-hydroxylation sites is 2. The zero-order valence-corrected chi connectivity index (χ0v) is 26.9. The van der Waals surface area contributed by atoms with E-state index in [-0.39, 0.29) is 0 Å². The van der Waals surface area contributed by atoms with Crippen LogP contribution in [0.1, 0.15) is 57.6 Å². The number of hydrogen-bond acceptors (Lipinski definition) is 5. The summed E-state index contributed by atoms with van der Waals surface area (Å²) in [6, 6.07) is 30.6. The molecule has 6 aromatic rings. The van der Waals surface area contributed by atoms with E-state index in [1.165, 1.54) is 12.8 Å². The maximum absolute atomic E-state index is 6.94. The molecule has 1 N–H and O–H groups in total. The minimum Gasteiger partial charge on any atom is -0.452 e. The number of benzene rings is 5. The van der Waals surface area contributed by atoms with E-state index in [1.807, 2.05) is 61.5 Å². The van der Waals surface area contributed by atoms with Crippen LogP contribution in [0.25, 0.3) is 43.9 Å². The standard InChI is InChI=1S/C40H39N3O3/c1-5-7-14-26(6-2)24-42-36-35-34(25(3)43-40(35)41-4)37-39(38(36)44-29-22-21-27-15-8-9-16-28(27)23-29)46-33-20-13-11-18-31(33)30-17-10-12-19-32(30)45-37/h8-13,15-23,26,42H,5-7,14,24H2,1-4H3. The predicted octanol–water partition coefficient (Wildman–Crippen LogP) is 11.2. The highest BCUT2D eigenvalue weighted by Crippen LogP contribution is 2.46. The Bertz CT molecular complexity index is 2200. The van der Waals surface area contributed by atoms with Gasteiger partial charge < -0.3 is 18.9 Å². The van der Waals surface area contributed by atoms with Crippen molar-refractivity contribution >= 4 is 61.1 Å². The van der Waals surface area contributed by atoms with E-state index in [4.69, 9.17) is 18.6 Å². The molecule has 232 valence electrons. The molecule has 7 rings (SSSR count). The molecule has 6 heteroatoms. The third-order valence-electron chi connectivity index (χ3n) is 8.98. The van der Waals surface area contributed by atoms with E-state index < -0.39 is 0 Å². The van der Waals surface area contributed by atoms with Crippen LogP contribution >= 0.6 is 0 Å². The highest BCUT2D eigenvalue weighted by Gasteiger charge is 2.32. The molecule has 46 heavy (non-hydrogen) atoms. The smallest absolute Gasteiger partial charge is 0.215 e. The second kappa shape index (κ2) is 12.7. The van der Waals surface area contributed by atoms with Gasteiger partial charge in [-0.2, -0.15) is 0 Å². The third kappa shape index (κ3) is 5.38. The highest BCUT2D eigenvalue weighted by molar-refractivity contribution is 6.29. The molecule has 0 radical (unpaired) electrons. The second-order valence-electron chi connectivity index (χ2n) is 12.0. The van der Waals surface area contributed by atoms with Gasteiger partial charge in [-0.3, -0.25) is 4.99 Å². The van der Waals surface area contributed by atoms with Crippen LogP contribution in [-0.4, -0.2) is 25.1 Å². The Labute approximate surface area is 269 Å². The van der Waals surface area contributed by atoms with Crippen molar-refractivity contribution in [2.24, 2.45) is 15.9 Å². The summed E-state index contributed by atoms with van der Waals surface area (Å²) in [5.74, 6) is 2.39. The van der Waals surface area contributed by atoms with Gasteiger partial charge in [-0.1, -0.05) is 99.8 Å². The fourth-order valence-electron chi connectivity index (χ4n) is 6.45. The van der Waals surface area contributed by atoms with Crippen molar-refractivity contribution < 1.29 is 13.6 Å². The molecular formula is C40H39N3O3. The van der Waals surface area contributed by atoms with Crippen LogP contribution < -0.4 is 10.1 Å². The van der Waals surface area contributed by atoms with Gasteiger partial charge in [0.2, 0.25) is 5.58 Å². The van der Waals surface area contributed by atoms with Crippen LogP contribution in [0, 0.1) is 5.92 Å². The van der Waals surface area contributed by atoms with Crippen LogP contribution in [0.2, 0.25) is 0 Å². The molecule has 0 fully saturated rings. The molecule has 0 spiro atoms. The van der Waals surface area contributed by atoms with Crippen LogP contribution in [0.4, 0.5) is 5.69 Å². The van der Waals surface area contributed by atoms with E-state index in [1.54, 1.807) is 7.05 Å². The van der Waals surface area contributed by atoms with Crippen molar-refractivity contribution in [1.82, 2.24) is 0 Å². The van der Waals surface area contributed by atoms with Gasteiger partial charge >= 0.3 is 0 Å². The second-order valence-corrected chi connectivity index (χ2v) is 12.0. The Morgan fingerprint density at radius 3 is 2.17 bits per heavy atom. The van der Waals surface area contributed by atoms with Gasteiger partial charge in [0.1, 0.15) is 16.9 Å². The molecule has 2 heterocycles. The van der Waals surface area contributed by atoms with Gasteiger partial charge in [-0.05, 0) is 54.3 Å². The van der Waals surface area contributed by atoms with Gasteiger partial charge in [-0.15, -0.1) is 0 Å². The van der Waals surface area contributed by atoms with Gasteiger partial charge in [-0.25, -0.2) is 4.99 Å². The lowest BCUT2D eigenvalue weighted by Crippen LogP contribution is -2.17. The van der Waals surface area contributed by atoms with Crippen LogP contribution in [-0.2, 0) is 0 Å². The van der Waals surface area contributed by atoms with Gasteiger partial charge in [0, 0.05) is 24.4 Å². The van der Waals surface area contributed by atoms with E-state index in [2.05, 4.69) is 60.6 Å². The maximum atomic E-state index is 6.94. The number of nitrogens with one attached hydrogen (secondary N) is 1. The first-order valence-electron chi connectivity index (χ1n) is 16.3. The number of ether oxygens (including phenoxy) is 1. The monoisotopic (exact) mass is 609 g/mol. The average Bonchev–Trinajstić information content (AvgIpc) is 3.42. The number of unbranched alkanes of at least 4 members (excludes halogenated alkanes) is 1. The van der Waals surface area contributed by atoms with E-state index >= 15 is 0 Å². The zero-order chi connectivity index (χ0) is 31.6. The Morgan fingerprint density at radius 1 is 0.804 bits per heavy atom. The summed E-state index contributed by atoms with van der Waals surface area (Å²) in [4.78, 5) is 9.55. The lowest BCUT2D eigenvalue weighted by molar-refractivity contribution is 0.464. The largest absolute Gasteiger partial charge is 0.452 e. The first kappa shape index (κ1) is 29.6. The summed E-state index contributed by atoms with van der Waals surface area (Å²) in [6.07, 6.45) is 4.60. The van der Waals surface area contributed by atoms with Crippen molar-refractivity contribution in [2.75, 3.05) is 18.9 Å². The molecule has 0 amide bonds. The SMILES string of the molecule is CCCCC(CC)CNc1c2c(c3oc4ccccc4c4ccccc4oc3c1Oc1ccc3ccccc3c1)C(C)=NC2=NC. The van der Waals surface area contributed by atoms with Gasteiger partial charge in [0.05, 0.1) is 22.5 Å². The number of fused-ring (bicyclic) bond motifs is 7. The number of amidine groups is 1. The van der Waals surface area contributed by atoms with Crippen molar-refractivity contribution in [1.29, 1.82) is 0 Å². The quantitative estimate of drug-likeness (QED) is 0.177. The Balaban J connectivity index is 1.58. The number of aliphatic imine (C=N–C) groups is 2. The summed E-state index contributed by atoms with van der Waals surface area (Å²) in [5, 5.41) is 7.97.